The first-order valence-electron chi connectivity index (χ1n) is 4.00. The zero-order valence-electron chi connectivity index (χ0n) is 7.37. The summed E-state index contributed by atoms with van der Waals surface area (Å²) in [6.45, 7) is 2.82. The van der Waals surface area contributed by atoms with Crippen molar-refractivity contribution in [1.82, 2.24) is 4.90 Å². The standard InChI is InChI=1S/C8H13NO3/c1-6-5-9(8(11)12-2)4-3-7(6)10/h6H,3-5H2,1-2H3. The van der Waals surface area contributed by atoms with Gasteiger partial charge >= 0.3 is 6.09 Å². The third-order valence-electron chi connectivity index (χ3n) is 2.10. The van der Waals surface area contributed by atoms with E-state index < -0.39 is 0 Å². The summed E-state index contributed by atoms with van der Waals surface area (Å²) in [5, 5.41) is 0. The molecule has 0 aromatic carbocycles. The van der Waals surface area contributed by atoms with Crippen LogP contribution in [-0.2, 0) is 9.53 Å². The maximum Gasteiger partial charge on any atom is 0.409 e. The second kappa shape index (κ2) is 3.56. The Morgan fingerprint density at radius 3 is 2.83 bits per heavy atom. The summed E-state index contributed by atoms with van der Waals surface area (Å²) < 4.78 is 4.55. The predicted octanol–water partition coefficient (Wildman–Crippen LogP) is 0.664. The molecule has 0 saturated carbocycles. The normalized spacial score (nSPS) is 24.0. The number of Topliss-reactive ketones (excluding diaryl/α,β-unsaturated/α-hetero) is 1. The minimum Gasteiger partial charge on any atom is -0.453 e. The Kier molecular flexibility index (Phi) is 2.68. The summed E-state index contributed by atoms with van der Waals surface area (Å²) in [5.74, 6) is 0.188. The second-order valence-electron chi connectivity index (χ2n) is 3.03. The zero-order valence-corrected chi connectivity index (χ0v) is 7.37. The van der Waals surface area contributed by atoms with Gasteiger partial charge in [0.25, 0.3) is 0 Å². The van der Waals surface area contributed by atoms with Crippen LogP contribution in [0.2, 0.25) is 0 Å². The van der Waals surface area contributed by atoms with E-state index in [1.165, 1.54) is 7.11 Å². The van der Waals surface area contributed by atoms with Crippen molar-refractivity contribution in [3.8, 4) is 0 Å². The summed E-state index contributed by atoms with van der Waals surface area (Å²) in [6.07, 6.45) is 0.116. The summed E-state index contributed by atoms with van der Waals surface area (Å²) in [6, 6.07) is 0. The molecule has 1 atom stereocenters. The Bertz CT molecular complexity index is 202. The number of hydrogen-bond donors (Lipinski definition) is 0. The molecular formula is C8H13NO3. The lowest BCUT2D eigenvalue weighted by Crippen LogP contribution is -2.43. The van der Waals surface area contributed by atoms with Crippen molar-refractivity contribution in [2.24, 2.45) is 5.92 Å². The molecule has 1 unspecified atom stereocenters. The highest BCUT2D eigenvalue weighted by atomic mass is 16.5. The van der Waals surface area contributed by atoms with Crippen LogP contribution in [0.5, 0.6) is 0 Å². The lowest BCUT2D eigenvalue weighted by atomic mass is 9.99. The van der Waals surface area contributed by atoms with Crippen LogP contribution in [0.3, 0.4) is 0 Å². The molecule has 68 valence electrons. The van der Waals surface area contributed by atoms with Gasteiger partial charge in [-0.1, -0.05) is 6.92 Å². The Morgan fingerprint density at radius 1 is 1.67 bits per heavy atom. The summed E-state index contributed by atoms with van der Waals surface area (Å²) in [4.78, 5) is 23.6. The SMILES string of the molecule is COC(=O)N1CCC(=O)C(C)C1. The van der Waals surface area contributed by atoms with Crippen LogP contribution in [0.4, 0.5) is 4.79 Å². The number of likely N-dealkylation sites (tertiary alicyclic amines) is 1. The molecule has 0 bridgehead atoms. The highest BCUT2D eigenvalue weighted by molar-refractivity contribution is 5.83. The summed E-state index contributed by atoms with van der Waals surface area (Å²) in [7, 11) is 1.35. The molecule has 4 heteroatoms. The Balaban J connectivity index is 2.50. The van der Waals surface area contributed by atoms with Gasteiger partial charge in [-0.3, -0.25) is 4.79 Å². The number of ether oxygens (including phenoxy) is 1. The third kappa shape index (κ3) is 1.75. The molecule has 1 saturated heterocycles. The van der Waals surface area contributed by atoms with Gasteiger partial charge in [-0.25, -0.2) is 4.79 Å². The molecule has 0 radical (unpaired) electrons. The highest BCUT2D eigenvalue weighted by Gasteiger charge is 2.26. The van der Waals surface area contributed by atoms with E-state index in [9.17, 15) is 9.59 Å². The average Bonchev–Trinajstić information content (AvgIpc) is 2.08. The minimum absolute atomic E-state index is 0.0437. The number of nitrogens with zero attached hydrogens (tertiary/aromatic N) is 1. The third-order valence-corrected chi connectivity index (χ3v) is 2.10. The molecule has 12 heavy (non-hydrogen) atoms. The van der Waals surface area contributed by atoms with Crippen molar-refractivity contribution in [1.29, 1.82) is 0 Å². The summed E-state index contributed by atoms with van der Waals surface area (Å²) >= 11 is 0. The van der Waals surface area contributed by atoms with Crippen LogP contribution in [0, 0.1) is 5.92 Å². The van der Waals surface area contributed by atoms with E-state index in [1.54, 1.807) is 4.90 Å². The maximum absolute atomic E-state index is 11.1. The second-order valence-corrected chi connectivity index (χ2v) is 3.03. The van der Waals surface area contributed by atoms with Gasteiger partial charge in [0.15, 0.2) is 0 Å². The largest absolute Gasteiger partial charge is 0.453 e. The predicted molar refractivity (Wildman–Crippen MR) is 42.8 cm³/mol. The molecule has 1 fully saturated rings. The summed E-state index contributed by atoms with van der Waals surface area (Å²) in [5.41, 5.74) is 0. The van der Waals surface area contributed by atoms with Crippen LogP contribution in [0.25, 0.3) is 0 Å². The van der Waals surface area contributed by atoms with Gasteiger partial charge < -0.3 is 9.64 Å². The quantitative estimate of drug-likeness (QED) is 0.538. The van der Waals surface area contributed by atoms with E-state index >= 15 is 0 Å². The van der Waals surface area contributed by atoms with E-state index in [0.717, 1.165) is 0 Å². The molecule has 1 heterocycles. The van der Waals surface area contributed by atoms with E-state index in [2.05, 4.69) is 4.74 Å². The molecule has 0 aliphatic carbocycles. The molecule has 1 aliphatic heterocycles. The lowest BCUT2D eigenvalue weighted by molar-refractivity contribution is -0.125. The first-order chi connectivity index (χ1) is 5.65. The molecule has 4 nitrogen and oxygen atoms in total. The highest BCUT2D eigenvalue weighted by Crippen LogP contribution is 2.12. The number of methoxy groups -OCH3 is 1. The van der Waals surface area contributed by atoms with Gasteiger partial charge in [-0.05, 0) is 0 Å². The maximum atomic E-state index is 11.1. The van der Waals surface area contributed by atoms with Gasteiger partial charge in [0.1, 0.15) is 5.78 Å². The van der Waals surface area contributed by atoms with Crippen molar-refractivity contribution >= 4 is 11.9 Å². The first-order valence-corrected chi connectivity index (χ1v) is 4.00. The van der Waals surface area contributed by atoms with Crippen molar-refractivity contribution in [3.05, 3.63) is 0 Å². The van der Waals surface area contributed by atoms with Gasteiger partial charge in [-0.2, -0.15) is 0 Å². The number of carbonyl (C=O) groups excluding carboxylic acids is 2. The van der Waals surface area contributed by atoms with Gasteiger partial charge in [0.05, 0.1) is 7.11 Å². The fraction of sp³-hybridized carbons (Fsp3) is 0.750. The van der Waals surface area contributed by atoms with Gasteiger partial charge in [-0.15, -0.1) is 0 Å². The van der Waals surface area contributed by atoms with Crippen LogP contribution < -0.4 is 0 Å². The first kappa shape index (κ1) is 9.03. The number of ketones is 1. The molecule has 1 aliphatic rings. The topological polar surface area (TPSA) is 46.6 Å². The minimum atomic E-state index is -0.339. The lowest BCUT2D eigenvalue weighted by Gasteiger charge is -2.28. The Hall–Kier alpha value is -1.06. The molecule has 0 aromatic heterocycles. The Morgan fingerprint density at radius 2 is 2.33 bits per heavy atom. The number of hydrogen-bond acceptors (Lipinski definition) is 3. The van der Waals surface area contributed by atoms with E-state index in [-0.39, 0.29) is 17.8 Å². The van der Waals surface area contributed by atoms with Crippen molar-refractivity contribution in [2.45, 2.75) is 13.3 Å². The Labute approximate surface area is 71.5 Å². The van der Waals surface area contributed by atoms with Crippen molar-refractivity contribution < 1.29 is 14.3 Å². The van der Waals surface area contributed by atoms with E-state index in [1.807, 2.05) is 6.92 Å². The fourth-order valence-electron chi connectivity index (χ4n) is 1.31. The molecule has 0 N–H and O–H groups in total. The molecular weight excluding hydrogens is 158 g/mol. The number of carbonyl (C=O) groups is 2. The number of piperidine rings is 1. The fourth-order valence-corrected chi connectivity index (χ4v) is 1.31. The van der Waals surface area contributed by atoms with Gasteiger partial charge in [0, 0.05) is 25.4 Å². The average molecular weight is 171 g/mol. The number of amides is 1. The molecule has 1 amide bonds. The van der Waals surface area contributed by atoms with Crippen molar-refractivity contribution in [2.75, 3.05) is 20.2 Å². The molecule has 0 spiro atoms. The number of rotatable bonds is 0. The van der Waals surface area contributed by atoms with Gasteiger partial charge in [0.2, 0.25) is 0 Å². The van der Waals surface area contributed by atoms with Crippen molar-refractivity contribution in [3.63, 3.8) is 0 Å². The van der Waals surface area contributed by atoms with Crippen LogP contribution >= 0.6 is 0 Å². The van der Waals surface area contributed by atoms with E-state index in [0.29, 0.717) is 19.5 Å². The zero-order chi connectivity index (χ0) is 9.14. The van der Waals surface area contributed by atoms with E-state index in [4.69, 9.17) is 0 Å². The smallest absolute Gasteiger partial charge is 0.409 e. The monoisotopic (exact) mass is 171 g/mol. The van der Waals surface area contributed by atoms with Crippen LogP contribution in [0.1, 0.15) is 13.3 Å². The molecule has 1 rings (SSSR count). The van der Waals surface area contributed by atoms with Crippen LogP contribution in [-0.4, -0.2) is 37.0 Å². The molecule has 0 aromatic rings. The van der Waals surface area contributed by atoms with Crippen LogP contribution in [0.15, 0.2) is 0 Å².